The van der Waals surface area contributed by atoms with Crippen LogP contribution in [0, 0.1) is 11.8 Å². The predicted molar refractivity (Wildman–Crippen MR) is 160 cm³/mol. The number of fused-ring (bicyclic) bond motifs is 2. The second-order valence-electron chi connectivity index (χ2n) is 12.7. The van der Waals surface area contributed by atoms with Gasteiger partial charge in [-0.1, -0.05) is 57.2 Å². The fraction of sp³-hybridized carbons (Fsp3) is 0.424. The summed E-state index contributed by atoms with van der Waals surface area (Å²) in [6, 6.07) is 18.9. The third-order valence-electron chi connectivity index (χ3n) is 8.90. The topological polar surface area (TPSA) is 102 Å². The van der Waals surface area contributed by atoms with E-state index in [1.165, 1.54) is 0 Å². The minimum absolute atomic E-state index is 0.0389. The highest BCUT2D eigenvalue weighted by Crippen LogP contribution is 2.52. The van der Waals surface area contributed by atoms with Crippen LogP contribution in [0.5, 0.6) is 28.7 Å². The molecule has 1 N–H and O–H groups in total. The van der Waals surface area contributed by atoms with E-state index in [9.17, 15) is 9.90 Å². The molecule has 0 radical (unpaired) electrons. The zero-order chi connectivity index (χ0) is 30.4. The third kappa shape index (κ3) is 5.66. The maximum atomic E-state index is 13.4. The zero-order valence-electron chi connectivity index (χ0n) is 25.1. The van der Waals surface area contributed by atoms with Crippen molar-refractivity contribution in [2.75, 3.05) is 20.2 Å². The van der Waals surface area contributed by atoms with E-state index in [1.807, 2.05) is 48.5 Å². The molecule has 9 nitrogen and oxygen atoms in total. The van der Waals surface area contributed by atoms with Crippen LogP contribution in [0.2, 0.25) is 18.1 Å². The van der Waals surface area contributed by atoms with Gasteiger partial charge in [0.15, 0.2) is 31.3 Å². The molecule has 3 aromatic carbocycles. The number of hydrogen-bond acceptors (Lipinski definition) is 9. The maximum absolute atomic E-state index is 13.4. The van der Waals surface area contributed by atoms with Crippen LogP contribution in [0.3, 0.4) is 0 Å². The number of carbonyl (C=O) groups is 1. The summed E-state index contributed by atoms with van der Waals surface area (Å²) < 4.78 is 41.5. The minimum atomic E-state index is -2.37. The molecule has 1 unspecified atom stereocenters. The Morgan fingerprint density at radius 1 is 0.907 bits per heavy atom. The van der Waals surface area contributed by atoms with Gasteiger partial charge in [-0.25, -0.2) is 0 Å². The van der Waals surface area contributed by atoms with Gasteiger partial charge in [0.2, 0.25) is 19.3 Å². The number of esters is 1. The van der Waals surface area contributed by atoms with Crippen LogP contribution >= 0.6 is 0 Å². The summed E-state index contributed by atoms with van der Waals surface area (Å²) in [6.07, 6.45) is -1.82. The van der Waals surface area contributed by atoms with Crippen molar-refractivity contribution in [1.29, 1.82) is 0 Å². The lowest BCUT2D eigenvalue weighted by molar-refractivity contribution is -0.144. The fourth-order valence-electron chi connectivity index (χ4n) is 5.45. The van der Waals surface area contributed by atoms with E-state index in [0.29, 0.717) is 34.3 Å². The summed E-state index contributed by atoms with van der Waals surface area (Å²) >= 11 is 0. The van der Waals surface area contributed by atoms with Gasteiger partial charge in [0.1, 0.15) is 6.61 Å². The summed E-state index contributed by atoms with van der Waals surface area (Å²) in [5, 5.41) is 11.9. The largest absolute Gasteiger partial charge is 0.484 e. The standard InChI is InChI=1S/C33H38O9Si/c1-33(2,3)43(4,5)42-29(21-11-13-24-26(15-21)40-18-38-24)23-17-37-32(35)27(23)28(34)22-12-14-25-31(41-19-39-25)30(22)36-16-20-9-7-6-8-10-20/h6-15,23,27-29,34H,16-19H2,1-5H3/t23-,27-,28?,29-/m0/s1. The van der Waals surface area contributed by atoms with E-state index in [-0.39, 0.29) is 31.8 Å². The molecular formula is C33H38O9Si. The first kappa shape index (κ1) is 29.3. The number of aliphatic hydroxyl groups is 1. The van der Waals surface area contributed by atoms with E-state index in [0.717, 1.165) is 11.1 Å². The molecule has 228 valence electrons. The minimum Gasteiger partial charge on any atom is -0.484 e. The number of carbonyl (C=O) groups excluding carboxylic acids is 1. The quantitative estimate of drug-likeness (QED) is 0.222. The van der Waals surface area contributed by atoms with Crippen LogP contribution in [-0.4, -0.2) is 39.6 Å². The van der Waals surface area contributed by atoms with Crippen molar-refractivity contribution in [3.8, 4) is 28.7 Å². The second kappa shape index (κ2) is 11.4. The number of benzene rings is 3. The van der Waals surface area contributed by atoms with Crippen LogP contribution in [0.1, 0.15) is 49.7 Å². The fourth-order valence-corrected chi connectivity index (χ4v) is 6.74. The molecule has 0 saturated carbocycles. The lowest BCUT2D eigenvalue weighted by Crippen LogP contribution is -2.44. The maximum Gasteiger partial charge on any atom is 0.312 e. The van der Waals surface area contributed by atoms with Crippen LogP contribution in [-0.2, 0) is 20.6 Å². The van der Waals surface area contributed by atoms with E-state index >= 15 is 0 Å². The van der Waals surface area contributed by atoms with Crippen molar-refractivity contribution in [2.24, 2.45) is 11.8 Å². The number of aliphatic hydroxyl groups excluding tert-OH is 1. The van der Waals surface area contributed by atoms with Crippen molar-refractivity contribution in [2.45, 2.75) is 57.7 Å². The van der Waals surface area contributed by atoms with Gasteiger partial charge in [0.05, 0.1) is 24.7 Å². The number of cyclic esters (lactones) is 1. The Hall–Kier alpha value is -3.73. The van der Waals surface area contributed by atoms with E-state index in [2.05, 4.69) is 33.9 Å². The first-order valence-electron chi connectivity index (χ1n) is 14.5. The van der Waals surface area contributed by atoms with Crippen LogP contribution in [0.4, 0.5) is 0 Å². The van der Waals surface area contributed by atoms with Gasteiger partial charge in [0.25, 0.3) is 0 Å². The van der Waals surface area contributed by atoms with Crippen LogP contribution in [0.15, 0.2) is 60.7 Å². The normalized spacial score (nSPS) is 20.6. The molecule has 43 heavy (non-hydrogen) atoms. The molecule has 3 aliphatic rings. The Balaban J connectivity index is 1.37. The molecule has 3 heterocycles. The molecule has 0 aromatic heterocycles. The van der Waals surface area contributed by atoms with Gasteiger partial charge in [-0.2, -0.15) is 0 Å². The summed E-state index contributed by atoms with van der Waals surface area (Å²) in [6.45, 7) is 11.4. The zero-order valence-corrected chi connectivity index (χ0v) is 26.1. The SMILES string of the molecule is CC(C)(C)[Si](C)(C)O[C@@H](c1ccc2c(c1)OCO2)[C@H]1COC(=O)[C@@H]1C(O)c1ccc2c(c1OCc1ccccc1)OCO2. The Bertz CT molecular complexity index is 1480. The van der Waals surface area contributed by atoms with Crippen molar-refractivity contribution in [3.05, 3.63) is 77.4 Å². The third-order valence-corrected chi connectivity index (χ3v) is 13.4. The molecule has 0 bridgehead atoms. The van der Waals surface area contributed by atoms with E-state index in [4.69, 9.17) is 32.8 Å². The highest BCUT2D eigenvalue weighted by molar-refractivity contribution is 6.74. The van der Waals surface area contributed by atoms with Crippen LogP contribution in [0.25, 0.3) is 0 Å². The first-order chi connectivity index (χ1) is 20.5. The summed E-state index contributed by atoms with van der Waals surface area (Å²) in [7, 11) is -2.37. The number of hydrogen-bond donors (Lipinski definition) is 1. The highest BCUT2D eigenvalue weighted by Gasteiger charge is 2.51. The average molecular weight is 607 g/mol. The smallest absolute Gasteiger partial charge is 0.312 e. The van der Waals surface area contributed by atoms with Gasteiger partial charge in [-0.15, -0.1) is 0 Å². The summed E-state index contributed by atoms with van der Waals surface area (Å²) in [4.78, 5) is 13.4. The van der Waals surface area contributed by atoms with Gasteiger partial charge >= 0.3 is 5.97 Å². The predicted octanol–water partition coefficient (Wildman–Crippen LogP) is 6.31. The molecule has 0 amide bonds. The number of rotatable bonds is 9. The second-order valence-corrected chi connectivity index (χ2v) is 17.4. The molecule has 6 rings (SSSR count). The molecule has 0 spiro atoms. The average Bonchev–Trinajstić information content (AvgIpc) is 3.73. The van der Waals surface area contributed by atoms with Crippen molar-refractivity contribution in [3.63, 3.8) is 0 Å². The Morgan fingerprint density at radius 2 is 1.60 bits per heavy atom. The Kier molecular flexibility index (Phi) is 7.78. The van der Waals surface area contributed by atoms with Gasteiger partial charge in [-0.3, -0.25) is 4.79 Å². The van der Waals surface area contributed by atoms with Crippen molar-refractivity contribution in [1.82, 2.24) is 0 Å². The Morgan fingerprint density at radius 3 is 2.37 bits per heavy atom. The van der Waals surface area contributed by atoms with E-state index in [1.54, 1.807) is 12.1 Å². The molecule has 1 fully saturated rings. The first-order valence-corrected chi connectivity index (χ1v) is 17.5. The Labute approximate surface area is 252 Å². The molecule has 1 saturated heterocycles. The van der Waals surface area contributed by atoms with Gasteiger partial charge in [-0.05, 0) is 53.5 Å². The van der Waals surface area contributed by atoms with Crippen molar-refractivity contribution < 1.29 is 42.7 Å². The lowest BCUT2D eigenvalue weighted by atomic mass is 9.81. The van der Waals surface area contributed by atoms with Gasteiger partial charge in [0, 0.05) is 11.5 Å². The molecule has 3 aromatic rings. The van der Waals surface area contributed by atoms with Crippen LogP contribution < -0.4 is 23.7 Å². The summed E-state index contributed by atoms with van der Waals surface area (Å²) in [5.74, 6) is 0.624. The molecule has 4 atom stereocenters. The molecular weight excluding hydrogens is 568 g/mol. The molecule has 0 aliphatic carbocycles. The van der Waals surface area contributed by atoms with Gasteiger partial charge < -0.3 is 38.0 Å². The number of ether oxygens (including phenoxy) is 6. The monoisotopic (exact) mass is 606 g/mol. The summed E-state index contributed by atoms with van der Waals surface area (Å²) in [5.41, 5.74) is 2.20. The highest BCUT2D eigenvalue weighted by atomic mass is 28.4. The van der Waals surface area contributed by atoms with E-state index < -0.39 is 38.3 Å². The molecule has 3 aliphatic heterocycles. The molecule has 10 heteroatoms. The van der Waals surface area contributed by atoms with Crippen molar-refractivity contribution >= 4 is 14.3 Å². The lowest BCUT2D eigenvalue weighted by Gasteiger charge is -2.41.